The van der Waals surface area contributed by atoms with Gasteiger partial charge in [0.2, 0.25) is 10.0 Å². The Kier molecular flexibility index (Phi) is 4.22. The third-order valence-electron chi connectivity index (χ3n) is 2.02. The Morgan fingerprint density at radius 2 is 1.74 bits per heavy atom. The number of primary sulfonamides is 1. The normalized spacial score (nSPS) is 13.5. The Hall–Kier alpha value is -1.20. The molecule has 11 heteroatoms. The highest BCUT2D eigenvalue weighted by atomic mass is 32.2. The third-order valence-corrected chi connectivity index (χ3v) is 4.65. The lowest BCUT2D eigenvalue weighted by Crippen LogP contribution is -2.23. The molecular weight excluding hydrogens is 309 g/mol. The average Bonchev–Trinajstić information content (AvgIpc) is 2.25. The summed E-state index contributed by atoms with van der Waals surface area (Å²) in [6.45, 7) is 0. The van der Waals surface area contributed by atoms with E-state index in [9.17, 15) is 30.0 Å². The molecule has 0 fully saturated rings. The van der Waals surface area contributed by atoms with Gasteiger partial charge in [0.25, 0.3) is 0 Å². The van der Waals surface area contributed by atoms with Crippen molar-refractivity contribution in [3.8, 4) is 0 Å². The molecule has 108 valence electrons. The summed E-state index contributed by atoms with van der Waals surface area (Å²) in [6, 6.07) is 0.956. The zero-order chi connectivity index (χ0) is 14.9. The van der Waals surface area contributed by atoms with Gasteiger partial charge < -0.3 is 0 Å². The minimum atomic E-state index is -4.72. The van der Waals surface area contributed by atoms with Crippen molar-refractivity contribution in [2.24, 2.45) is 5.14 Å². The number of alkyl halides is 3. The summed E-state index contributed by atoms with van der Waals surface area (Å²) in [5.74, 6) is -1.83. The molecule has 1 heterocycles. The van der Waals surface area contributed by atoms with Crippen LogP contribution in [0.25, 0.3) is 0 Å². The summed E-state index contributed by atoms with van der Waals surface area (Å²) in [5.41, 5.74) is -1.18. The zero-order valence-electron chi connectivity index (χ0n) is 9.25. The van der Waals surface area contributed by atoms with E-state index in [0.29, 0.717) is 18.3 Å². The summed E-state index contributed by atoms with van der Waals surface area (Å²) in [5, 5.41) is 3.79. The number of halogens is 3. The number of aromatic nitrogens is 1. The van der Waals surface area contributed by atoms with E-state index >= 15 is 0 Å². The molecule has 0 spiro atoms. The number of nitrogens with zero attached hydrogens (tertiary/aromatic N) is 1. The van der Waals surface area contributed by atoms with Gasteiger partial charge >= 0.3 is 6.18 Å². The van der Waals surface area contributed by atoms with E-state index in [1.165, 1.54) is 0 Å². The maximum absolute atomic E-state index is 12.4. The van der Waals surface area contributed by atoms with Crippen molar-refractivity contribution in [2.45, 2.75) is 11.2 Å². The second-order valence-corrected chi connectivity index (χ2v) is 7.36. The highest BCUT2D eigenvalue weighted by molar-refractivity contribution is 7.94. The fraction of sp³-hybridized carbons (Fsp3) is 0.375. The molecule has 0 unspecified atom stereocenters. The molecule has 0 atom stereocenters. The van der Waals surface area contributed by atoms with Gasteiger partial charge in [-0.2, -0.15) is 13.2 Å². The molecule has 0 radical (unpaired) electrons. The molecule has 0 aliphatic carbocycles. The van der Waals surface area contributed by atoms with Gasteiger partial charge in [0, 0.05) is 6.20 Å². The monoisotopic (exact) mass is 318 g/mol. The second kappa shape index (κ2) is 5.06. The first-order valence-electron chi connectivity index (χ1n) is 4.68. The van der Waals surface area contributed by atoms with Gasteiger partial charge in [0.05, 0.1) is 17.1 Å². The highest BCUT2D eigenvalue weighted by Crippen LogP contribution is 2.29. The number of rotatable bonds is 4. The van der Waals surface area contributed by atoms with E-state index in [4.69, 9.17) is 0 Å². The molecule has 19 heavy (non-hydrogen) atoms. The van der Waals surface area contributed by atoms with Crippen molar-refractivity contribution in [2.75, 3.05) is 11.5 Å². The van der Waals surface area contributed by atoms with E-state index in [-0.39, 0.29) is 0 Å². The van der Waals surface area contributed by atoms with E-state index in [0.717, 1.165) is 0 Å². The van der Waals surface area contributed by atoms with Gasteiger partial charge in [-0.3, -0.25) is 0 Å². The van der Waals surface area contributed by atoms with Crippen LogP contribution in [-0.2, 0) is 26.0 Å². The predicted octanol–water partition coefficient (Wildman–Crippen LogP) is 0.163. The van der Waals surface area contributed by atoms with Crippen LogP contribution >= 0.6 is 0 Å². The lowest BCUT2D eigenvalue weighted by molar-refractivity contribution is -0.137. The van der Waals surface area contributed by atoms with Crippen LogP contribution in [0.3, 0.4) is 0 Å². The molecular formula is C8H9F3N2O4S2. The van der Waals surface area contributed by atoms with Gasteiger partial charge in [-0.1, -0.05) is 0 Å². The first kappa shape index (κ1) is 15.9. The summed E-state index contributed by atoms with van der Waals surface area (Å²) in [7, 11) is -8.28. The number of hydrogen-bond donors (Lipinski definition) is 1. The molecule has 0 aliphatic heterocycles. The van der Waals surface area contributed by atoms with Crippen molar-refractivity contribution in [3.63, 3.8) is 0 Å². The fourth-order valence-corrected chi connectivity index (χ4v) is 3.63. The van der Waals surface area contributed by atoms with E-state index < -0.39 is 48.1 Å². The molecule has 0 aromatic carbocycles. The van der Waals surface area contributed by atoms with Gasteiger partial charge in [0.15, 0.2) is 14.9 Å². The standard InChI is InChI=1S/C8H9F3N2O4S2/c9-8(10,11)6-1-2-13-7(5-6)18(14,15)3-4-19(12,16)17/h1-2,5H,3-4H2,(H2,12,16,17). The third kappa shape index (κ3) is 4.76. The van der Waals surface area contributed by atoms with E-state index in [2.05, 4.69) is 10.1 Å². The van der Waals surface area contributed by atoms with E-state index in [1.54, 1.807) is 0 Å². The zero-order valence-corrected chi connectivity index (χ0v) is 10.9. The van der Waals surface area contributed by atoms with E-state index in [1.807, 2.05) is 0 Å². The van der Waals surface area contributed by atoms with Gasteiger partial charge in [-0.25, -0.2) is 27.0 Å². The Balaban J connectivity index is 3.09. The number of sulfonamides is 1. The maximum Gasteiger partial charge on any atom is 0.416 e. The second-order valence-electron chi connectivity index (χ2n) is 3.57. The summed E-state index contributed by atoms with van der Waals surface area (Å²) < 4.78 is 81.7. The van der Waals surface area contributed by atoms with Crippen LogP contribution in [0.4, 0.5) is 13.2 Å². The molecule has 6 nitrogen and oxygen atoms in total. The SMILES string of the molecule is NS(=O)(=O)CCS(=O)(=O)c1cc(C(F)(F)F)ccn1. The van der Waals surface area contributed by atoms with Crippen LogP contribution in [0.5, 0.6) is 0 Å². The Labute approximate surface area is 107 Å². The molecule has 1 rings (SSSR count). The number of pyridine rings is 1. The lowest BCUT2D eigenvalue weighted by Gasteiger charge is -2.08. The van der Waals surface area contributed by atoms with Crippen LogP contribution in [-0.4, -0.2) is 33.3 Å². The fourth-order valence-electron chi connectivity index (χ4n) is 1.09. The highest BCUT2D eigenvalue weighted by Gasteiger charge is 2.32. The molecule has 0 aliphatic rings. The van der Waals surface area contributed by atoms with Crippen LogP contribution in [0.1, 0.15) is 5.56 Å². The first-order chi connectivity index (χ1) is 8.42. The Bertz CT molecular complexity index is 667. The molecule has 2 N–H and O–H groups in total. The summed E-state index contributed by atoms with van der Waals surface area (Å²) in [4.78, 5) is 3.30. The minimum absolute atomic E-state index is 0.346. The molecule has 0 saturated carbocycles. The topological polar surface area (TPSA) is 107 Å². The lowest BCUT2D eigenvalue weighted by atomic mass is 10.3. The Morgan fingerprint density at radius 1 is 1.16 bits per heavy atom. The molecule has 0 amide bonds. The van der Waals surface area contributed by atoms with Crippen molar-refractivity contribution in [3.05, 3.63) is 23.9 Å². The maximum atomic E-state index is 12.4. The van der Waals surface area contributed by atoms with Crippen molar-refractivity contribution < 1.29 is 30.0 Å². The summed E-state index contributed by atoms with van der Waals surface area (Å²) >= 11 is 0. The van der Waals surface area contributed by atoms with Crippen LogP contribution < -0.4 is 5.14 Å². The van der Waals surface area contributed by atoms with Crippen LogP contribution in [0.15, 0.2) is 23.4 Å². The van der Waals surface area contributed by atoms with Crippen LogP contribution in [0.2, 0.25) is 0 Å². The average molecular weight is 318 g/mol. The molecule has 0 bridgehead atoms. The van der Waals surface area contributed by atoms with Crippen LogP contribution in [0, 0.1) is 0 Å². The molecule has 1 aromatic rings. The summed E-state index contributed by atoms with van der Waals surface area (Å²) in [6.07, 6.45) is -4.03. The van der Waals surface area contributed by atoms with Crippen molar-refractivity contribution in [1.82, 2.24) is 4.98 Å². The first-order valence-corrected chi connectivity index (χ1v) is 8.05. The minimum Gasteiger partial charge on any atom is -0.245 e. The van der Waals surface area contributed by atoms with Gasteiger partial charge in [0.1, 0.15) is 0 Å². The van der Waals surface area contributed by atoms with Crippen molar-refractivity contribution >= 4 is 19.9 Å². The van der Waals surface area contributed by atoms with Gasteiger partial charge in [-0.05, 0) is 12.1 Å². The molecule has 1 aromatic heterocycles. The predicted molar refractivity (Wildman–Crippen MR) is 59.3 cm³/mol. The molecule has 0 saturated heterocycles. The van der Waals surface area contributed by atoms with Crippen molar-refractivity contribution in [1.29, 1.82) is 0 Å². The quantitative estimate of drug-likeness (QED) is 0.851. The smallest absolute Gasteiger partial charge is 0.245 e. The number of sulfone groups is 1. The number of hydrogen-bond acceptors (Lipinski definition) is 5. The Morgan fingerprint density at radius 3 is 2.21 bits per heavy atom. The largest absolute Gasteiger partial charge is 0.416 e. The number of nitrogens with two attached hydrogens (primary N) is 1. The van der Waals surface area contributed by atoms with Gasteiger partial charge in [-0.15, -0.1) is 0 Å².